The first-order chi connectivity index (χ1) is 12.3. The lowest BCUT2D eigenvalue weighted by Crippen LogP contribution is -2.48. The number of hydrazine groups is 1. The van der Waals surface area contributed by atoms with Crippen LogP contribution < -0.4 is 20.9 Å². The Morgan fingerprint density at radius 3 is 2.27 bits per heavy atom. The van der Waals surface area contributed by atoms with Gasteiger partial charge in [0.15, 0.2) is 6.10 Å². The van der Waals surface area contributed by atoms with Crippen LogP contribution in [-0.4, -0.2) is 24.5 Å². The molecule has 2 amide bonds. The van der Waals surface area contributed by atoms with Gasteiger partial charge in [-0.05, 0) is 51.5 Å². The van der Waals surface area contributed by atoms with Crippen molar-refractivity contribution in [1.82, 2.24) is 10.9 Å². The minimum Gasteiger partial charge on any atom is -0.481 e. The molecule has 3 N–H and O–H groups in total. The van der Waals surface area contributed by atoms with E-state index >= 15 is 0 Å². The van der Waals surface area contributed by atoms with Crippen LogP contribution in [0.5, 0.6) is 5.75 Å². The highest BCUT2D eigenvalue weighted by Crippen LogP contribution is 2.15. The Morgan fingerprint density at radius 1 is 0.962 bits per heavy atom. The molecule has 0 radical (unpaired) electrons. The molecule has 0 heterocycles. The first-order valence-corrected chi connectivity index (χ1v) is 8.48. The quantitative estimate of drug-likeness (QED) is 0.696. The van der Waals surface area contributed by atoms with Crippen molar-refractivity contribution in [2.45, 2.75) is 33.8 Å². The summed E-state index contributed by atoms with van der Waals surface area (Å²) in [4.78, 5) is 23.9. The molecule has 0 bridgehead atoms. The summed E-state index contributed by atoms with van der Waals surface area (Å²) in [6, 6.07) is 13.3. The Kier molecular flexibility index (Phi) is 6.60. The molecular formula is C20H25N3O3. The van der Waals surface area contributed by atoms with E-state index in [9.17, 15) is 9.59 Å². The fraction of sp³-hybridized carbons (Fsp3) is 0.300. The second-order valence-electron chi connectivity index (χ2n) is 6.28. The summed E-state index contributed by atoms with van der Waals surface area (Å²) in [6.45, 7) is 7.63. The van der Waals surface area contributed by atoms with Crippen molar-refractivity contribution in [3.8, 4) is 5.75 Å². The van der Waals surface area contributed by atoms with Crippen LogP contribution in [0, 0.1) is 20.8 Å². The highest BCUT2D eigenvalue weighted by atomic mass is 16.5. The zero-order valence-corrected chi connectivity index (χ0v) is 15.6. The molecule has 0 aliphatic heterocycles. The molecule has 0 aromatic heterocycles. The zero-order valence-electron chi connectivity index (χ0n) is 15.6. The second kappa shape index (κ2) is 8.89. The summed E-state index contributed by atoms with van der Waals surface area (Å²) in [7, 11) is 0. The second-order valence-corrected chi connectivity index (χ2v) is 6.28. The van der Waals surface area contributed by atoms with E-state index in [0.717, 1.165) is 22.4 Å². The van der Waals surface area contributed by atoms with Crippen LogP contribution in [0.25, 0.3) is 0 Å². The topological polar surface area (TPSA) is 79.5 Å². The molecule has 0 saturated carbocycles. The third kappa shape index (κ3) is 5.81. The van der Waals surface area contributed by atoms with Gasteiger partial charge in [-0.2, -0.15) is 0 Å². The van der Waals surface area contributed by atoms with E-state index in [-0.39, 0.29) is 12.5 Å². The number of hydrogen-bond donors (Lipinski definition) is 3. The summed E-state index contributed by atoms with van der Waals surface area (Å²) in [5.74, 6) is -0.174. The van der Waals surface area contributed by atoms with Crippen LogP contribution in [0.2, 0.25) is 0 Å². The number of carbonyl (C=O) groups is 2. The lowest BCUT2D eigenvalue weighted by atomic mass is 10.1. The smallest absolute Gasteiger partial charge is 0.279 e. The van der Waals surface area contributed by atoms with Gasteiger partial charge in [0.2, 0.25) is 0 Å². The number of nitrogens with one attached hydrogen (secondary N) is 3. The van der Waals surface area contributed by atoms with Crippen LogP contribution >= 0.6 is 0 Å². The first kappa shape index (κ1) is 19.3. The SMILES string of the molecule is Cc1ccc(OC(C)C(=O)NNC(=O)CNc2ccc(C)cc2C)cc1. The van der Waals surface area contributed by atoms with E-state index in [1.54, 1.807) is 19.1 Å². The van der Waals surface area contributed by atoms with Crippen LogP contribution in [0.3, 0.4) is 0 Å². The molecule has 0 aliphatic rings. The minimum atomic E-state index is -0.731. The van der Waals surface area contributed by atoms with Crippen LogP contribution in [0.1, 0.15) is 23.6 Å². The number of amides is 2. The fourth-order valence-electron chi connectivity index (χ4n) is 2.34. The van der Waals surface area contributed by atoms with E-state index < -0.39 is 12.0 Å². The molecule has 2 aromatic carbocycles. The van der Waals surface area contributed by atoms with Crippen molar-refractivity contribution >= 4 is 17.5 Å². The van der Waals surface area contributed by atoms with Gasteiger partial charge < -0.3 is 10.1 Å². The molecule has 0 fully saturated rings. The number of benzene rings is 2. The molecule has 1 atom stereocenters. The number of hydrogen-bond acceptors (Lipinski definition) is 4. The number of anilines is 1. The molecule has 0 saturated heterocycles. The van der Waals surface area contributed by atoms with Gasteiger partial charge in [-0.25, -0.2) is 0 Å². The van der Waals surface area contributed by atoms with Crippen molar-refractivity contribution in [1.29, 1.82) is 0 Å². The maximum absolute atomic E-state index is 12.0. The number of rotatable bonds is 6. The predicted molar refractivity (Wildman–Crippen MR) is 102 cm³/mol. The molecule has 26 heavy (non-hydrogen) atoms. The van der Waals surface area contributed by atoms with Gasteiger partial charge in [0, 0.05) is 5.69 Å². The minimum absolute atomic E-state index is 0.0530. The Hall–Kier alpha value is -3.02. The van der Waals surface area contributed by atoms with E-state index in [4.69, 9.17) is 4.74 Å². The highest BCUT2D eigenvalue weighted by molar-refractivity contribution is 5.86. The monoisotopic (exact) mass is 355 g/mol. The highest BCUT2D eigenvalue weighted by Gasteiger charge is 2.15. The molecular weight excluding hydrogens is 330 g/mol. The maximum atomic E-state index is 12.0. The van der Waals surface area contributed by atoms with Crippen molar-refractivity contribution in [2.24, 2.45) is 0 Å². The van der Waals surface area contributed by atoms with Gasteiger partial charge in [-0.3, -0.25) is 20.4 Å². The average Bonchev–Trinajstić information content (AvgIpc) is 2.60. The number of ether oxygens (including phenoxy) is 1. The standard InChI is InChI=1S/C20H25N3O3/c1-13-5-8-17(9-6-13)26-16(4)20(25)23-22-19(24)12-21-18-10-7-14(2)11-15(18)3/h5-11,16,21H,12H2,1-4H3,(H,22,24)(H,23,25). The van der Waals surface area contributed by atoms with Gasteiger partial charge in [0.1, 0.15) is 5.75 Å². The van der Waals surface area contributed by atoms with Crippen LogP contribution in [0.4, 0.5) is 5.69 Å². The van der Waals surface area contributed by atoms with Gasteiger partial charge in [-0.15, -0.1) is 0 Å². The Labute approximate surface area is 153 Å². The Balaban J connectivity index is 1.75. The Bertz CT molecular complexity index is 772. The van der Waals surface area contributed by atoms with Crippen molar-refractivity contribution < 1.29 is 14.3 Å². The third-order valence-corrected chi connectivity index (χ3v) is 3.85. The third-order valence-electron chi connectivity index (χ3n) is 3.85. The molecule has 2 rings (SSSR count). The van der Waals surface area contributed by atoms with Gasteiger partial charge in [-0.1, -0.05) is 35.4 Å². The fourth-order valence-corrected chi connectivity index (χ4v) is 2.34. The predicted octanol–water partition coefficient (Wildman–Crippen LogP) is 2.64. The van der Waals surface area contributed by atoms with Crippen LogP contribution in [-0.2, 0) is 9.59 Å². The van der Waals surface area contributed by atoms with Crippen molar-refractivity contribution in [3.05, 3.63) is 59.2 Å². The molecule has 138 valence electrons. The molecule has 6 nitrogen and oxygen atoms in total. The average molecular weight is 355 g/mol. The molecule has 0 aliphatic carbocycles. The zero-order chi connectivity index (χ0) is 19.1. The van der Waals surface area contributed by atoms with E-state index in [1.165, 1.54) is 0 Å². The van der Waals surface area contributed by atoms with Crippen molar-refractivity contribution in [3.63, 3.8) is 0 Å². The van der Waals surface area contributed by atoms with E-state index in [0.29, 0.717) is 5.75 Å². The van der Waals surface area contributed by atoms with E-state index in [1.807, 2.05) is 51.1 Å². The normalized spacial score (nSPS) is 11.4. The summed E-state index contributed by atoms with van der Waals surface area (Å²) in [5.41, 5.74) is 8.96. The number of carbonyl (C=O) groups excluding carboxylic acids is 2. The molecule has 0 spiro atoms. The Morgan fingerprint density at radius 2 is 1.62 bits per heavy atom. The van der Waals surface area contributed by atoms with Crippen LogP contribution in [0.15, 0.2) is 42.5 Å². The lowest BCUT2D eigenvalue weighted by Gasteiger charge is -2.16. The van der Waals surface area contributed by atoms with Gasteiger partial charge >= 0.3 is 0 Å². The summed E-state index contributed by atoms with van der Waals surface area (Å²) >= 11 is 0. The van der Waals surface area contributed by atoms with Gasteiger partial charge in [0.25, 0.3) is 11.8 Å². The lowest BCUT2D eigenvalue weighted by molar-refractivity contribution is -0.132. The maximum Gasteiger partial charge on any atom is 0.279 e. The largest absolute Gasteiger partial charge is 0.481 e. The molecule has 2 aromatic rings. The summed E-state index contributed by atoms with van der Waals surface area (Å²) < 4.78 is 5.54. The van der Waals surface area contributed by atoms with Crippen molar-refractivity contribution in [2.75, 3.05) is 11.9 Å². The summed E-state index contributed by atoms with van der Waals surface area (Å²) in [6.07, 6.45) is -0.731. The summed E-state index contributed by atoms with van der Waals surface area (Å²) in [5, 5.41) is 3.04. The molecule has 1 unspecified atom stereocenters. The van der Waals surface area contributed by atoms with E-state index in [2.05, 4.69) is 16.2 Å². The molecule has 6 heteroatoms. The number of aryl methyl sites for hydroxylation is 3. The van der Waals surface area contributed by atoms with Gasteiger partial charge in [0.05, 0.1) is 6.54 Å². The first-order valence-electron chi connectivity index (χ1n) is 8.48.